The number of carboxylic acids is 2. The number of nitrogens with zero attached hydrogens (tertiary/aromatic N) is 4. The van der Waals surface area contributed by atoms with Gasteiger partial charge in [-0.2, -0.15) is 31.4 Å². The molecule has 4 rings (SSSR count). The van der Waals surface area contributed by atoms with Crippen LogP contribution in [0, 0.1) is 11.2 Å². The lowest BCUT2D eigenvalue weighted by atomic mass is 9.79. The molecule has 15 heteroatoms. The van der Waals surface area contributed by atoms with Gasteiger partial charge >= 0.3 is 24.3 Å². The molecule has 39 heavy (non-hydrogen) atoms. The van der Waals surface area contributed by atoms with Crippen LogP contribution in [0.5, 0.6) is 0 Å². The van der Waals surface area contributed by atoms with Crippen LogP contribution in [0.15, 0.2) is 36.7 Å². The van der Waals surface area contributed by atoms with Crippen molar-refractivity contribution >= 4 is 11.9 Å². The highest BCUT2D eigenvalue weighted by molar-refractivity contribution is 5.73. The molecule has 1 unspecified atom stereocenters. The Kier molecular flexibility index (Phi) is 10.9. The average Bonchev–Trinajstić information content (AvgIpc) is 3.40. The van der Waals surface area contributed by atoms with Gasteiger partial charge in [0.25, 0.3) is 0 Å². The number of benzene rings is 1. The molecule has 2 aliphatic heterocycles. The molecule has 0 radical (unpaired) electrons. The summed E-state index contributed by atoms with van der Waals surface area (Å²) in [6.07, 6.45) is -2.17. The van der Waals surface area contributed by atoms with E-state index in [2.05, 4.69) is 21.1 Å². The average molecular weight is 571 g/mol. The number of alkyl halides is 6. The Hall–Kier alpha value is -3.20. The SMILES string of the molecule is Cn1cc(CN2CCCC3(CCN(Cc4ccc(F)cc4)C3)C2)cn1.O=C(O)C(F)(F)F.O=C(O)C(F)(F)F. The van der Waals surface area contributed by atoms with E-state index >= 15 is 0 Å². The Labute approximate surface area is 219 Å². The van der Waals surface area contributed by atoms with Crippen molar-refractivity contribution in [2.75, 3.05) is 26.2 Å². The maximum Gasteiger partial charge on any atom is 0.490 e. The van der Waals surface area contributed by atoms with Gasteiger partial charge < -0.3 is 10.2 Å². The molecule has 3 heterocycles. The molecular weight excluding hydrogens is 541 g/mol. The van der Waals surface area contributed by atoms with Gasteiger partial charge in [0.15, 0.2) is 0 Å². The Morgan fingerprint density at radius 1 is 0.872 bits per heavy atom. The van der Waals surface area contributed by atoms with Crippen molar-refractivity contribution in [1.29, 1.82) is 0 Å². The standard InChI is InChI=1S/C20H27FN4.2C2HF3O2/c1-23-12-18(11-22-23)14-24-9-2-7-20(15-24)8-10-25(16-20)13-17-3-5-19(21)6-4-17;2*3-2(4,5)1(6)7/h3-6,11-12H,2,7-10,13-16H2,1H3;2*(H,6,7). The zero-order valence-electron chi connectivity index (χ0n) is 21.0. The smallest absolute Gasteiger partial charge is 0.475 e. The molecule has 1 spiro atoms. The minimum atomic E-state index is -5.08. The molecule has 0 amide bonds. The molecule has 2 N–H and O–H groups in total. The summed E-state index contributed by atoms with van der Waals surface area (Å²) in [7, 11) is 1.98. The van der Waals surface area contributed by atoms with Gasteiger partial charge in [-0.25, -0.2) is 14.0 Å². The fourth-order valence-electron chi connectivity index (χ4n) is 4.60. The first-order valence-electron chi connectivity index (χ1n) is 11.8. The number of aromatic nitrogens is 2. The van der Waals surface area contributed by atoms with Crippen LogP contribution in [0.1, 0.15) is 30.4 Å². The van der Waals surface area contributed by atoms with Gasteiger partial charge in [-0.05, 0) is 55.5 Å². The van der Waals surface area contributed by atoms with Crippen LogP contribution in [-0.4, -0.2) is 80.3 Å². The van der Waals surface area contributed by atoms with Crippen LogP contribution >= 0.6 is 0 Å². The summed E-state index contributed by atoms with van der Waals surface area (Å²) < 4.78 is 78.4. The fraction of sp³-hybridized carbons (Fsp3) is 0.542. The van der Waals surface area contributed by atoms with E-state index in [-0.39, 0.29) is 5.82 Å². The Bertz CT molecular complexity index is 1070. The van der Waals surface area contributed by atoms with Gasteiger partial charge in [0.1, 0.15) is 5.82 Å². The number of piperidine rings is 1. The summed E-state index contributed by atoms with van der Waals surface area (Å²) in [4.78, 5) is 22.9. The van der Waals surface area contributed by atoms with Crippen molar-refractivity contribution in [3.8, 4) is 0 Å². The summed E-state index contributed by atoms with van der Waals surface area (Å²) in [5, 5.41) is 18.5. The summed E-state index contributed by atoms with van der Waals surface area (Å²) in [6.45, 7) is 6.63. The van der Waals surface area contributed by atoms with Crippen molar-refractivity contribution < 1.29 is 50.5 Å². The van der Waals surface area contributed by atoms with E-state index in [4.69, 9.17) is 19.8 Å². The first-order chi connectivity index (χ1) is 18.0. The molecule has 1 atom stereocenters. The van der Waals surface area contributed by atoms with Gasteiger partial charge in [0.05, 0.1) is 6.20 Å². The van der Waals surface area contributed by atoms with Crippen LogP contribution in [0.4, 0.5) is 30.7 Å². The second-order valence-corrected chi connectivity index (χ2v) is 9.53. The minimum Gasteiger partial charge on any atom is -0.475 e. The lowest BCUT2D eigenvalue weighted by Gasteiger charge is -2.40. The topological polar surface area (TPSA) is 98.9 Å². The fourth-order valence-corrected chi connectivity index (χ4v) is 4.60. The highest BCUT2D eigenvalue weighted by Crippen LogP contribution is 2.39. The third-order valence-corrected chi connectivity index (χ3v) is 6.23. The van der Waals surface area contributed by atoms with Gasteiger partial charge in [0.2, 0.25) is 0 Å². The minimum absolute atomic E-state index is 0.153. The Morgan fingerprint density at radius 3 is 1.82 bits per heavy atom. The number of carboxylic acid groups (broad SMARTS) is 2. The predicted octanol–water partition coefficient (Wildman–Crippen LogP) is 4.31. The number of hydrogen-bond donors (Lipinski definition) is 2. The van der Waals surface area contributed by atoms with E-state index in [1.807, 2.05) is 30.1 Å². The molecule has 1 aromatic heterocycles. The van der Waals surface area contributed by atoms with Gasteiger partial charge in [-0.1, -0.05) is 12.1 Å². The first-order valence-corrected chi connectivity index (χ1v) is 11.8. The number of halogens is 7. The molecule has 2 aromatic rings. The molecule has 0 saturated carbocycles. The molecule has 8 nitrogen and oxygen atoms in total. The van der Waals surface area contributed by atoms with Crippen LogP contribution in [0.25, 0.3) is 0 Å². The zero-order chi connectivity index (χ0) is 29.4. The van der Waals surface area contributed by atoms with Crippen LogP contribution in [0.2, 0.25) is 0 Å². The van der Waals surface area contributed by atoms with E-state index in [9.17, 15) is 30.7 Å². The van der Waals surface area contributed by atoms with Gasteiger partial charge in [0, 0.05) is 45.0 Å². The third-order valence-electron chi connectivity index (χ3n) is 6.23. The number of likely N-dealkylation sites (tertiary alicyclic amines) is 2. The molecule has 2 aliphatic rings. The van der Waals surface area contributed by atoms with E-state index in [0.29, 0.717) is 5.41 Å². The van der Waals surface area contributed by atoms with E-state index in [1.54, 1.807) is 12.1 Å². The molecule has 2 saturated heterocycles. The number of rotatable bonds is 4. The van der Waals surface area contributed by atoms with E-state index < -0.39 is 24.3 Å². The lowest BCUT2D eigenvalue weighted by Crippen LogP contribution is -2.44. The van der Waals surface area contributed by atoms with Gasteiger partial charge in [-0.15, -0.1) is 0 Å². The lowest BCUT2D eigenvalue weighted by molar-refractivity contribution is -0.193. The molecule has 0 bridgehead atoms. The number of aryl methyl sites for hydroxylation is 1. The second kappa shape index (κ2) is 13.2. The van der Waals surface area contributed by atoms with Crippen molar-refractivity contribution in [3.63, 3.8) is 0 Å². The third kappa shape index (κ3) is 10.8. The van der Waals surface area contributed by atoms with E-state index in [1.165, 1.54) is 43.5 Å². The number of carbonyl (C=O) groups is 2. The highest BCUT2D eigenvalue weighted by Gasteiger charge is 2.41. The normalized spacial score (nSPS) is 20.1. The number of aliphatic carboxylic acids is 2. The van der Waals surface area contributed by atoms with Crippen molar-refractivity contribution in [2.45, 2.75) is 44.7 Å². The molecule has 218 valence electrons. The monoisotopic (exact) mass is 570 g/mol. The van der Waals surface area contributed by atoms with Crippen LogP contribution in [-0.2, 0) is 29.7 Å². The molecule has 1 aromatic carbocycles. The maximum atomic E-state index is 13.1. The quantitative estimate of drug-likeness (QED) is 0.529. The summed E-state index contributed by atoms with van der Waals surface area (Å²) in [5.41, 5.74) is 2.95. The summed E-state index contributed by atoms with van der Waals surface area (Å²) in [5.74, 6) is -5.67. The largest absolute Gasteiger partial charge is 0.490 e. The second-order valence-electron chi connectivity index (χ2n) is 9.53. The Morgan fingerprint density at radius 2 is 1.36 bits per heavy atom. The zero-order valence-corrected chi connectivity index (χ0v) is 21.0. The van der Waals surface area contributed by atoms with Crippen molar-refractivity contribution in [2.24, 2.45) is 12.5 Å². The highest BCUT2D eigenvalue weighted by atomic mass is 19.4. The van der Waals surface area contributed by atoms with Crippen molar-refractivity contribution in [3.05, 3.63) is 53.6 Å². The van der Waals surface area contributed by atoms with Crippen molar-refractivity contribution in [1.82, 2.24) is 19.6 Å². The molecule has 2 fully saturated rings. The van der Waals surface area contributed by atoms with Crippen LogP contribution in [0.3, 0.4) is 0 Å². The predicted molar refractivity (Wildman–Crippen MR) is 124 cm³/mol. The first kappa shape index (κ1) is 32.0. The molecule has 0 aliphatic carbocycles. The van der Waals surface area contributed by atoms with E-state index in [0.717, 1.165) is 26.2 Å². The summed E-state index contributed by atoms with van der Waals surface area (Å²) >= 11 is 0. The van der Waals surface area contributed by atoms with Gasteiger partial charge in [-0.3, -0.25) is 14.5 Å². The Balaban J connectivity index is 0.000000317. The number of hydrogen-bond acceptors (Lipinski definition) is 5. The summed E-state index contributed by atoms with van der Waals surface area (Å²) in [6, 6.07) is 6.96. The maximum absolute atomic E-state index is 13.1. The molecular formula is C24H29F7N4O4. The van der Waals surface area contributed by atoms with Crippen LogP contribution < -0.4 is 0 Å².